The molecule has 0 spiro atoms. The summed E-state index contributed by atoms with van der Waals surface area (Å²) in [6.45, 7) is 4.00. The van der Waals surface area contributed by atoms with Crippen molar-refractivity contribution in [3.63, 3.8) is 0 Å². The lowest BCUT2D eigenvalue weighted by molar-refractivity contribution is -0.133. The zero-order valence-corrected chi connectivity index (χ0v) is 11.5. The van der Waals surface area contributed by atoms with Crippen LogP contribution in [0.3, 0.4) is 0 Å². The lowest BCUT2D eigenvalue weighted by atomic mass is 9.64. The number of aliphatic hydroxyl groups excluding tert-OH is 1. The molecule has 0 aromatic carbocycles. The van der Waals surface area contributed by atoms with Gasteiger partial charge in [0, 0.05) is 17.5 Å². The first-order valence-corrected chi connectivity index (χ1v) is 7.17. The third kappa shape index (κ3) is 2.54. The minimum Gasteiger partial charge on any atom is -0.392 e. The first kappa shape index (κ1) is 13.8. The van der Waals surface area contributed by atoms with Crippen molar-refractivity contribution in [1.29, 1.82) is 0 Å². The van der Waals surface area contributed by atoms with Crippen molar-refractivity contribution in [2.75, 3.05) is 0 Å². The molecule has 0 aromatic rings. The molecular weight excluding hydrogens is 228 g/mol. The van der Waals surface area contributed by atoms with E-state index in [0.29, 0.717) is 6.42 Å². The second kappa shape index (κ2) is 5.17. The molecule has 4 atom stereocenters. The van der Waals surface area contributed by atoms with Gasteiger partial charge in [-0.3, -0.25) is 4.79 Å². The van der Waals surface area contributed by atoms with Crippen LogP contribution < -0.4 is 11.1 Å². The van der Waals surface area contributed by atoms with Gasteiger partial charge in [0.1, 0.15) is 0 Å². The monoisotopic (exact) mass is 254 g/mol. The van der Waals surface area contributed by atoms with E-state index in [4.69, 9.17) is 5.73 Å². The number of nitrogens with two attached hydrogens (primary N) is 1. The molecule has 4 N–H and O–H groups in total. The predicted molar refractivity (Wildman–Crippen MR) is 70.9 cm³/mol. The van der Waals surface area contributed by atoms with E-state index in [1.807, 2.05) is 13.8 Å². The number of rotatable bonds is 2. The summed E-state index contributed by atoms with van der Waals surface area (Å²) in [6, 6.07) is 0.0936. The first-order valence-electron chi connectivity index (χ1n) is 7.17. The van der Waals surface area contributed by atoms with Crippen molar-refractivity contribution in [1.82, 2.24) is 5.32 Å². The summed E-state index contributed by atoms with van der Waals surface area (Å²) in [5.74, 6) is 0.0513. The Morgan fingerprint density at radius 2 is 1.94 bits per heavy atom. The molecule has 2 saturated carbocycles. The highest BCUT2D eigenvalue weighted by atomic mass is 16.3. The Kier molecular flexibility index (Phi) is 3.97. The molecule has 0 aliphatic heterocycles. The SMILES string of the molecule is CC1(C)C(O)CC1NC(=O)C1CCCCCC1N. The summed E-state index contributed by atoms with van der Waals surface area (Å²) in [4.78, 5) is 12.3. The molecule has 0 aromatic heterocycles. The zero-order chi connectivity index (χ0) is 13.3. The van der Waals surface area contributed by atoms with E-state index in [0.717, 1.165) is 25.7 Å². The van der Waals surface area contributed by atoms with Crippen molar-refractivity contribution in [2.24, 2.45) is 17.1 Å². The fraction of sp³-hybridized carbons (Fsp3) is 0.929. The lowest BCUT2D eigenvalue weighted by Gasteiger charge is -2.49. The second-order valence-corrected chi connectivity index (χ2v) is 6.54. The van der Waals surface area contributed by atoms with Crippen molar-refractivity contribution in [3.05, 3.63) is 0 Å². The van der Waals surface area contributed by atoms with Crippen LogP contribution in [0.1, 0.15) is 52.4 Å². The van der Waals surface area contributed by atoms with E-state index in [9.17, 15) is 9.90 Å². The van der Waals surface area contributed by atoms with Gasteiger partial charge in [-0.15, -0.1) is 0 Å². The molecule has 2 rings (SSSR count). The van der Waals surface area contributed by atoms with Gasteiger partial charge in [-0.25, -0.2) is 0 Å². The predicted octanol–water partition coefficient (Wildman–Crippen LogP) is 1.17. The number of hydrogen-bond donors (Lipinski definition) is 3. The van der Waals surface area contributed by atoms with Crippen LogP contribution in [-0.2, 0) is 4.79 Å². The molecule has 0 heterocycles. The fourth-order valence-electron chi connectivity index (χ4n) is 3.09. The summed E-state index contributed by atoms with van der Waals surface area (Å²) in [6.07, 6.45) is 5.65. The Bertz CT molecular complexity index is 317. The normalized spacial score (nSPS) is 39.6. The van der Waals surface area contributed by atoms with E-state index >= 15 is 0 Å². The molecule has 2 fully saturated rings. The molecule has 4 heteroatoms. The number of aliphatic hydroxyl groups is 1. The molecule has 1 amide bonds. The maximum Gasteiger partial charge on any atom is 0.224 e. The number of hydrogen-bond acceptors (Lipinski definition) is 3. The van der Waals surface area contributed by atoms with E-state index in [1.165, 1.54) is 6.42 Å². The number of carbonyl (C=O) groups is 1. The van der Waals surface area contributed by atoms with Gasteiger partial charge >= 0.3 is 0 Å². The minimum absolute atomic E-state index is 0.000567. The average Bonchev–Trinajstić information content (AvgIpc) is 2.53. The molecule has 18 heavy (non-hydrogen) atoms. The van der Waals surface area contributed by atoms with E-state index in [2.05, 4.69) is 5.32 Å². The zero-order valence-electron chi connectivity index (χ0n) is 11.5. The van der Waals surface area contributed by atoms with Crippen LogP contribution >= 0.6 is 0 Å². The lowest BCUT2D eigenvalue weighted by Crippen LogP contribution is -2.62. The van der Waals surface area contributed by atoms with Crippen LogP contribution in [0.2, 0.25) is 0 Å². The number of carbonyl (C=O) groups excluding carboxylic acids is 1. The first-order chi connectivity index (χ1) is 8.43. The van der Waals surface area contributed by atoms with Gasteiger partial charge in [-0.05, 0) is 19.3 Å². The smallest absolute Gasteiger partial charge is 0.224 e. The Morgan fingerprint density at radius 1 is 1.28 bits per heavy atom. The van der Waals surface area contributed by atoms with Crippen molar-refractivity contribution < 1.29 is 9.90 Å². The molecule has 4 unspecified atom stereocenters. The Morgan fingerprint density at radius 3 is 2.56 bits per heavy atom. The van der Waals surface area contributed by atoms with Gasteiger partial charge in [0.2, 0.25) is 5.91 Å². The molecule has 2 aliphatic carbocycles. The van der Waals surface area contributed by atoms with Gasteiger partial charge in [-0.2, -0.15) is 0 Å². The molecule has 0 radical (unpaired) electrons. The summed E-state index contributed by atoms with van der Waals surface area (Å²) in [5.41, 5.74) is 5.90. The highest BCUT2D eigenvalue weighted by Gasteiger charge is 2.48. The fourth-order valence-corrected chi connectivity index (χ4v) is 3.09. The third-order valence-corrected chi connectivity index (χ3v) is 4.94. The van der Waals surface area contributed by atoms with Crippen molar-refractivity contribution in [2.45, 2.75) is 70.6 Å². The molecule has 2 aliphatic rings. The third-order valence-electron chi connectivity index (χ3n) is 4.94. The maximum atomic E-state index is 12.3. The quantitative estimate of drug-likeness (QED) is 0.647. The standard InChI is InChI=1S/C14H26N2O2/c1-14(2)11(8-12(14)17)16-13(18)9-6-4-3-5-7-10(9)15/h9-12,17H,3-8,15H2,1-2H3,(H,16,18). The average molecular weight is 254 g/mol. The van der Waals surface area contributed by atoms with Crippen molar-refractivity contribution >= 4 is 5.91 Å². The largest absolute Gasteiger partial charge is 0.392 e. The van der Waals surface area contributed by atoms with E-state index in [-0.39, 0.29) is 35.4 Å². The van der Waals surface area contributed by atoms with Crippen molar-refractivity contribution in [3.8, 4) is 0 Å². The van der Waals surface area contributed by atoms with Gasteiger partial charge in [0.15, 0.2) is 0 Å². The molecule has 0 bridgehead atoms. The summed E-state index contributed by atoms with van der Waals surface area (Å²) >= 11 is 0. The highest BCUT2D eigenvalue weighted by Crippen LogP contribution is 2.40. The highest BCUT2D eigenvalue weighted by molar-refractivity contribution is 5.80. The molecule has 0 saturated heterocycles. The molecule has 4 nitrogen and oxygen atoms in total. The Balaban J connectivity index is 1.91. The Labute approximate surface area is 109 Å². The van der Waals surface area contributed by atoms with Gasteiger partial charge in [-0.1, -0.05) is 33.1 Å². The molecular formula is C14H26N2O2. The van der Waals surface area contributed by atoms with Crippen LogP contribution in [0, 0.1) is 11.3 Å². The van der Waals surface area contributed by atoms with Crippen LogP contribution in [0.5, 0.6) is 0 Å². The summed E-state index contributed by atoms with van der Waals surface area (Å²) < 4.78 is 0. The van der Waals surface area contributed by atoms with E-state index < -0.39 is 0 Å². The van der Waals surface area contributed by atoms with Crippen LogP contribution in [-0.4, -0.2) is 29.2 Å². The van der Waals surface area contributed by atoms with Gasteiger partial charge in [0.25, 0.3) is 0 Å². The second-order valence-electron chi connectivity index (χ2n) is 6.54. The van der Waals surface area contributed by atoms with Crippen LogP contribution in [0.25, 0.3) is 0 Å². The van der Waals surface area contributed by atoms with E-state index in [1.54, 1.807) is 0 Å². The van der Waals surface area contributed by atoms with Crippen LogP contribution in [0.15, 0.2) is 0 Å². The van der Waals surface area contributed by atoms with Gasteiger partial charge < -0.3 is 16.2 Å². The van der Waals surface area contributed by atoms with Crippen LogP contribution in [0.4, 0.5) is 0 Å². The van der Waals surface area contributed by atoms with Gasteiger partial charge in [0.05, 0.1) is 12.0 Å². The topological polar surface area (TPSA) is 75.3 Å². The number of amides is 1. The Hall–Kier alpha value is -0.610. The summed E-state index contributed by atoms with van der Waals surface area (Å²) in [7, 11) is 0. The molecule has 104 valence electrons. The minimum atomic E-state index is -0.300. The maximum absolute atomic E-state index is 12.3. The number of nitrogens with one attached hydrogen (secondary N) is 1. The summed E-state index contributed by atoms with van der Waals surface area (Å²) in [5, 5.41) is 12.8.